The number of carbonyl (C=O) groups excluding carboxylic acids is 1. The minimum Gasteiger partial charge on any atom is -0.349 e. The topological polar surface area (TPSA) is 33.2 Å². The van der Waals surface area contributed by atoms with Crippen LogP contribution < -0.4 is 0 Å². The molecule has 96 valence electrons. The van der Waals surface area contributed by atoms with Gasteiger partial charge in [-0.25, -0.2) is 0 Å². The van der Waals surface area contributed by atoms with Crippen LogP contribution in [-0.4, -0.2) is 29.9 Å². The summed E-state index contributed by atoms with van der Waals surface area (Å²) in [6, 6.07) is 2.03. The Hall–Kier alpha value is -1.64. The van der Waals surface area contributed by atoms with E-state index >= 15 is 0 Å². The van der Waals surface area contributed by atoms with E-state index in [-0.39, 0.29) is 5.91 Å². The fraction of sp³-hybridized carbons (Fsp3) is 0.467. The highest BCUT2D eigenvalue weighted by Gasteiger charge is 2.25. The molecule has 0 N–H and O–H groups in total. The molecule has 1 aromatic heterocycles. The lowest BCUT2D eigenvalue weighted by Crippen LogP contribution is -2.21. The standard InChI is InChI=1S/C15H20N2O/c1-10(2)13-7-11-9-16-6-5-12(11)14(13)8-15(18)17(3)4/h5-6,9-10H,7-8H2,1-4H3. The SMILES string of the molecule is CC(C)C1=C(CC(=O)N(C)C)c2ccncc2C1. The molecule has 1 aromatic rings. The number of nitrogens with zero attached hydrogens (tertiary/aromatic N) is 2. The maximum Gasteiger partial charge on any atom is 0.226 e. The Morgan fingerprint density at radius 1 is 1.44 bits per heavy atom. The van der Waals surface area contributed by atoms with E-state index in [0.29, 0.717) is 12.3 Å². The van der Waals surface area contributed by atoms with Gasteiger partial charge in [0, 0.05) is 26.5 Å². The van der Waals surface area contributed by atoms with Crippen LogP contribution >= 0.6 is 0 Å². The summed E-state index contributed by atoms with van der Waals surface area (Å²) in [7, 11) is 3.61. The molecule has 2 rings (SSSR count). The summed E-state index contributed by atoms with van der Waals surface area (Å²) < 4.78 is 0. The molecule has 0 aliphatic heterocycles. The zero-order valence-electron chi connectivity index (χ0n) is 11.5. The maximum absolute atomic E-state index is 12.0. The zero-order chi connectivity index (χ0) is 13.3. The van der Waals surface area contributed by atoms with Crippen LogP contribution in [0.2, 0.25) is 0 Å². The van der Waals surface area contributed by atoms with Crippen molar-refractivity contribution in [2.75, 3.05) is 14.1 Å². The van der Waals surface area contributed by atoms with E-state index in [1.807, 2.05) is 18.5 Å². The monoisotopic (exact) mass is 244 g/mol. The number of amides is 1. The van der Waals surface area contributed by atoms with Crippen LogP contribution in [0.15, 0.2) is 24.0 Å². The van der Waals surface area contributed by atoms with Crippen molar-refractivity contribution in [3.63, 3.8) is 0 Å². The summed E-state index contributed by atoms with van der Waals surface area (Å²) in [5, 5.41) is 0. The van der Waals surface area contributed by atoms with Gasteiger partial charge in [-0.2, -0.15) is 0 Å². The van der Waals surface area contributed by atoms with Crippen molar-refractivity contribution < 1.29 is 4.79 Å². The van der Waals surface area contributed by atoms with Crippen molar-refractivity contribution in [3.8, 4) is 0 Å². The van der Waals surface area contributed by atoms with Gasteiger partial charge in [0.2, 0.25) is 5.91 Å². The second-order valence-electron chi connectivity index (χ2n) is 5.33. The number of pyridine rings is 1. The zero-order valence-corrected chi connectivity index (χ0v) is 11.5. The molecular formula is C15H20N2O. The van der Waals surface area contributed by atoms with Crippen LogP contribution in [0.1, 0.15) is 31.4 Å². The fourth-order valence-corrected chi connectivity index (χ4v) is 2.42. The fourth-order valence-electron chi connectivity index (χ4n) is 2.42. The molecule has 1 aliphatic carbocycles. The first-order chi connectivity index (χ1) is 8.50. The van der Waals surface area contributed by atoms with Crippen molar-refractivity contribution in [2.24, 2.45) is 5.92 Å². The Labute approximate surface area is 109 Å². The van der Waals surface area contributed by atoms with Gasteiger partial charge < -0.3 is 4.90 Å². The Morgan fingerprint density at radius 2 is 2.17 bits per heavy atom. The molecule has 0 spiro atoms. The molecule has 18 heavy (non-hydrogen) atoms. The lowest BCUT2D eigenvalue weighted by molar-refractivity contribution is -0.127. The summed E-state index contributed by atoms with van der Waals surface area (Å²) in [5.74, 6) is 0.634. The lowest BCUT2D eigenvalue weighted by Gasteiger charge is -2.14. The molecule has 1 amide bonds. The van der Waals surface area contributed by atoms with Gasteiger partial charge >= 0.3 is 0 Å². The van der Waals surface area contributed by atoms with Gasteiger partial charge in [0.1, 0.15) is 0 Å². The first-order valence-corrected chi connectivity index (χ1v) is 6.36. The summed E-state index contributed by atoms with van der Waals surface area (Å²) >= 11 is 0. The lowest BCUT2D eigenvalue weighted by atomic mass is 9.95. The van der Waals surface area contributed by atoms with Crippen molar-refractivity contribution in [1.82, 2.24) is 9.88 Å². The molecule has 0 fully saturated rings. The van der Waals surface area contributed by atoms with Crippen LogP contribution in [0.5, 0.6) is 0 Å². The molecule has 3 nitrogen and oxygen atoms in total. The van der Waals surface area contributed by atoms with Crippen LogP contribution in [0.3, 0.4) is 0 Å². The molecule has 0 aromatic carbocycles. The van der Waals surface area contributed by atoms with Crippen molar-refractivity contribution >= 4 is 11.5 Å². The largest absolute Gasteiger partial charge is 0.349 e. The first kappa shape index (κ1) is 12.8. The number of hydrogen-bond acceptors (Lipinski definition) is 2. The van der Waals surface area contributed by atoms with Crippen molar-refractivity contribution in [3.05, 3.63) is 35.2 Å². The minimum atomic E-state index is 0.160. The highest BCUT2D eigenvalue weighted by molar-refractivity contribution is 5.91. The van der Waals surface area contributed by atoms with E-state index in [4.69, 9.17) is 0 Å². The van der Waals surface area contributed by atoms with Gasteiger partial charge in [-0.1, -0.05) is 19.4 Å². The van der Waals surface area contributed by atoms with Gasteiger partial charge in [-0.05, 0) is 35.1 Å². The summed E-state index contributed by atoms with van der Waals surface area (Å²) in [6.07, 6.45) is 5.17. The number of aromatic nitrogens is 1. The van der Waals surface area contributed by atoms with Crippen molar-refractivity contribution in [2.45, 2.75) is 26.7 Å². The molecular weight excluding hydrogens is 224 g/mol. The van der Waals surface area contributed by atoms with Crippen LogP contribution in [0.25, 0.3) is 5.57 Å². The first-order valence-electron chi connectivity index (χ1n) is 6.36. The normalized spacial score (nSPS) is 14.1. The van der Waals surface area contributed by atoms with Gasteiger partial charge in [-0.15, -0.1) is 0 Å². The second kappa shape index (κ2) is 4.92. The highest BCUT2D eigenvalue weighted by Crippen LogP contribution is 2.37. The summed E-state index contributed by atoms with van der Waals surface area (Å²) in [4.78, 5) is 17.8. The number of allylic oxidation sites excluding steroid dienone is 1. The number of rotatable bonds is 3. The van der Waals surface area contributed by atoms with Gasteiger partial charge in [0.25, 0.3) is 0 Å². The Bertz CT molecular complexity index is 501. The molecule has 0 saturated heterocycles. The molecule has 0 unspecified atom stereocenters. The smallest absolute Gasteiger partial charge is 0.226 e. The van der Waals surface area contributed by atoms with Crippen LogP contribution in [-0.2, 0) is 11.2 Å². The summed E-state index contributed by atoms with van der Waals surface area (Å²) in [6.45, 7) is 4.38. The van der Waals surface area contributed by atoms with Crippen LogP contribution in [0.4, 0.5) is 0 Å². The molecule has 3 heteroatoms. The molecule has 0 saturated carbocycles. The molecule has 0 bridgehead atoms. The van der Waals surface area contributed by atoms with Gasteiger partial charge in [0.15, 0.2) is 0 Å². The Kier molecular flexibility index (Phi) is 3.50. The van der Waals surface area contributed by atoms with Crippen molar-refractivity contribution in [1.29, 1.82) is 0 Å². The van der Waals surface area contributed by atoms with Gasteiger partial charge in [0.05, 0.1) is 6.42 Å². The van der Waals surface area contributed by atoms with Crippen LogP contribution in [0, 0.1) is 5.92 Å². The molecule has 0 atom stereocenters. The average molecular weight is 244 g/mol. The third kappa shape index (κ3) is 2.30. The quantitative estimate of drug-likeness (QED) is 0.818. The third-order valence-electron chi connectivity index (χ3n) is 3.52. The van der Waals surface area contributed by atoms with Gasteiger partial charge in [-0.3, -0.25) is 9.78 Å². The molecule has 1 heterocycles. The minimum absolute atomic E-state index is 0.160. The number of hydrogen-bond donors (Lipinski definition) is 0. The Morgan fingerprint density at radius 3 is 2.78 bits per heavy atom. The highest BCUT2D eigenvalue weighted by atomic mass is 16.2. The second-order valence-corrected chi connectivity index (χ2v) is 5.33. The predicted molar refractivity (Wildman–Crippen MR) is 73.0 cm³/mol. The summed E-state index contributed by atoms with van der Waals surface area (Å²) in [5.41, 5.74) is 5.06. The van der Waals surface area contributed by atoms with E-state index in [1.54, 1.807) is 19.0 Å². The number of fused-ring (bicyclic) bond motifs is 1. The third-order valence-corrected chi connectivity index (χ3v) is 3.52. The molecule has 1 aliphatic rings. The van der Waals surface area contributed by atoms with E-state index in [2.05, 4.69) is 18.8 Å². The Balaban J connectivity index is 2.38. The number of carbonyl (C=O) groups is 1. The van der Waals surface area contributed by atoms with E-state index in [0.717, 1.165) is 6.42 Å². The maximum atomic E-state index is 12.0. The van der Waals surface area contributed by atoms with E-state index in [1.165, 1.54) is 22.3 Å². The average Bonchev–Trinajstić information content (AvgIpc) is 2.68. The van der Waals surface area contributed by atoms with E-state index in [9.17, 15) is 4.79 Å². The molecule has 0 radical (unpaired) electrons. The predicted octanol–water partition coefficient (Wildman–Crippen LogP) is 2.53. The van der Waals surface area contributed by atoms with E-state index < -0.39 is 0 Å².